The molecule has 0 amide bonds. The van der Waals surface area contributed by atoms with E-state index in [4.69, 9.17) is 0 Å². The van der Waals surface area contributed by atoms with Gasteiger partial charge < -0.3 is 10.4 Å². The minimum atomic E-state index is 0.0480. The smallest absolute Gasteiger partial charge is 0.202 e. The Morgan fingerprint density at radius 1 is 1.05 bits per heavy atom. The molecule has 0 saturated carbocycles. The Labute approximate surface area is 115 Å². The molecule has 2 aromatic rings. The van der Waals surface area contributed by atoms with Crippen molar-refractivity contribution in [2.24, 2.45) is 0 Å². The van der Waals surface area contributed by atoms with E-state index in [0.717, 1.165) is 16.1 Å². The summed E-state index contributed by atoms with van der Waals surface area (Å²) in [7, 11) is 0. The third-order valence-electron chi connectivity index (χ3n) is 2.81. The first-order chi connectivity index (χ1) is 9.24. The van der Waals surface area contributed by atoms with Gasteiger partial charge in [-0.3, -0.25) is 4.79 Å². The molecule has 1 aliphatic heterocycles. The summed E-state index contributed by atoms with van der Waals surface area (Å²) in [6, 6.07) is 14.3. The predicted molar refractivity (Wildman–Crippen MR) is 76.4 cm³/mol. The molecule has 1 aliphatic rings. The lowest BCUT2D eigenvalue weighted by molar-refractivity contribution is 0.104. The molecule has 0 saturated heterocycles. The lowest BCUT2D eigenvalue weighted by atomic mass is 10.1. The molecule has 0 aliphatic carbocycles. The van der Waals surface area contributed by atoms with Crippen LogP contribution in [0.5, 0.6) is 5.75 Å². The van der Waals surface area contributed by atoms with Gasteiger partial charge in [-0.25, -0.2) is 0 Å². The van der Waals surface area contributed by atoms with Crippen molar-refractivity contribution in [1.82, 2.24) is 0 Å². The highest BCUT2D eigenvalue weighted by molar-refractivity contribution is 8.04. The quantitative estimate of drug-likeness (QED) is 0.645. The standard InChI is InChI=1S/C15H11NO2S/c17-11-7-5-10(6-8-11)16-9-14-15(18)12-3-1-2-4-13(12)19-14/h1-9,16-17H/b14-9+. The number of nitrogens with one attached hydrogen (secondary N) is 1. The lowest BCUT2D eigenvalue weighted by Crippen LogP contribution is -1.97. The van der Waals surface area contributed by atoms with Gasteiger partial charge in [0.25, 0.3) is 0 Å². The number of anilines is 1. The maximum absolute atomic E-state index is 12.1. The van der Waals surface area contributed by atoms with E-state index in [2.05, 4.69) is 5.32 Å². The first kappa shape index (κ1) is 11.9. The SMILES string of the molecule is O=C1/C(=C\Nc2ccc(O)cc2)Sc2ccccc21. The Morgan fingerprint density at radius 2 is 1.79 bits per heavy atom. The second-order valence-electron chi connectivity index (χ2n) is 4.13. The van der Waals surface area contributed by atoms with Crippen LogP contribution in [0.25, 0.3) is 0 Å². The van der Waals surface area contributed by atoms with Crippen LogP contribution in [0.4, 0.5) is 5.69 Å². The van der Waals surface area contributed by atoms with Crippen molar-refractivity contribution < 1.29 is 9.90 Å². The van der Waals surface area contributed by atoms with E-state index in [1.807, 2.05) is 24.3 Å². The summed E-state index contributed by atoms with van der Waals surface area (Å²) >= 11 is 1.47. The van der Waals surface area contributed by atoms with Crippen molar-refractivity contribution in [3.63, 3.8) is 0 Å². The molecule has 3 nitrogen and oxygen atoms in total. The zero-order valence-electron chi connectivity index (χ0n) is 9.96. The molecule has 4 heteroatoms. The fraction of sp³-hybridized carbons (Fsp3) is 0. The van der Waals surface area contributed by atoms with Crippen molar-refractivity contribution >= 4 is 23.2 Å². The molecule has 0 unspecified atom stereocenters. The fourth-order valence-corrected chi connectivity index (χ4v) is 2.82. The van der Waals surface area contributed by atoms with Gasteiger partial charge in [0.15, 0.2) is 0 Å². The number of aromatic hydroxyl groups is 1. The molecule has 0 fully saturated rings. The predicted octanol–water partition coefficient (Wildman–Crippen LogP) is 3.63. The van der Waals surface area contributed by atoms with Gasteiger partial charge in [-0.05, 0) is 36.4 Å². The minimum absolute atomic E-state index is 0.0480. The Balaban J connectivity index is 1.80. The highest BCUT2D eigenvalue weighted by Gasteiger charge is 2.24. The van der Waals surface area contributed by atoms with Gasteiger partial charge in [-0.2, -0.15) is 0 Å². The van der Waals surface area contributed by atoms with Gasteiger partial charge in [0.2, 0.25) is 5.78 Å². The highest BCUT2D eigenvalue weighted by Crippen LogP contribution is 2.39. The first-order valence-electron chi connectivity index (χ1n) is 5.81. The summed E-state index contributed by atoms with van der Waals surface area (Å²) in [6.07, 6.45) is 1.71. The molecular weight excluding hydrogens is 258 g/mol. The number of Topliss-reactive ketones (excluding diaryl/α,β-unsaturated/α-hetero) is 1. The van der Waals surface area contributed by atoms with Crippen molar-refractivity contribution in [1.29, 1.82) is 0 Å². The zero-order valence-corrected chi connectivity index (χ0v) is 10.8. The van der Waals surface area contributed by atoms with Crippen LogP contribution in [-0.2, 0) is 0 Å². The Hall–Kier alpha value is -2.20. The van der Waals surface area contributed by atoms with Crippen molar-refractivity contribution in [3.8, 4) is 5.75 Å². The van der Waals surface area contributed by atoms with Crippen LogP contribution in [0.1, 0.15) is 10.4 Å². The second-order valence-corrected chi connectivity index (χ2v) is 5.21. The first-order valence-corrected chi connectivity index (χ1v) is 6.63. The molecule has 1 heterocycles. The summed E-state index contributed by atoms with van der Waals surface area (Å²) in [5, 5.41) is 12.3. The van der Waals surface area contributed by atoms with Crippen LogP contribution in [0, 0.1) is 0 Å². The maximum atomic E-state index is 12.1. The van der Waals surface area contributed by atoms with Crippen LogP contribution in [0.15, 0.2) is 64.5 Å². The van der Waals surface area contributed by atoms with Gasteiger partial charge in [0.1, 0.15) is 5.75 Å². The number of rotatable bonds is 2. The highest BCUT2D eigenvalue weighted by atomic mass is 32.2. The fourth-order valence-electron chi connectivity index (χ4n) is 1.84. The zero-order chi connectivity index (χ0) is 13.2. The van der Waals surface area contributed by atoms with Gasteiger partial charge in [0.05, 0.1) is 4.91 Å². The molecule has 0 bridgehead atoms. The lowest BCUT2D eigenvalue weighted by Gasteiger charge is -2.01. The summed E-state index contributed by atoms with van der Waals surface area (Å²) < 4.78 is 0. The molecule has 0 aromatic heterocycles. The van der Waals surface area contributed by atoms with Crippen molar-refractivity contribution in [2.75, 3.05) is 5.32 Å². The van der Waals surface area contributed by atoms with E-state index >= 15 is 0 Å². The molecule has 2 aromatic carbocycles. The molecular formula is C15H11NO2S. The molecule has 0 radical (unpaired) electrons. The van der Waals surface area contributed by atoms with Crippen LogP contribution in [-0.4, -0.2) is 10.9 Å². The summed E-state index contributed by atoms with van der Waals surface area (Å²) in [5.41, 5.74) is 1.58. The average molecular weight is 269 g/mol. The number of thioether (sulfide) groups is 1. The van der Waals surface area contributed by atoms with E-state index in [-0.39, 0.29) is 11.5 Å². The van der Waals surface area contributed by atoms with Gasteiger partial charge >= 0.3 is 0 Å². The number of hydrogen-bond donors (Lipinski definition) is 2. The average Bonchev–Trinajstić information content (AvgIpc) is 2.76. The number of phenols is 1. The Bertz CT molecular complexity index is 662. The molecule has 0 atom stereocenters. The number of phenolic OH excluding ortho intramolecular Hbond substituents is 1. The Morgan fingerprint density at radius 3 is 2.53 bits per heavy atom. The molecule has 94 valence electrons. The molecule has 3 rings (SSSR count). The largest absolute Gasteiger partial charge is 0.508 e. The van der Waals surface area contributed by atoms with Crippen LogP contribution >= 0.6 is 11.8 Å². The normalized spacial score (nSPS) is 15.6. The summed E-state index contributed by atoms with van der Waals surface area (Å²) in [6.45, 7) is 0. The van der Waals surface area contributed by atoms with E-state index in [0.29, 0.717) is 4.91 Å². The van der Waals surface area contributed by atoms with E-state index in [1.165, 1.54) is 11.8 Å². The van der Waals surface area contributed by atoms with Gasteiger partial charge in [0, 0.05) is 22.3 Å². The molecule has 2 N–H and O–H groups in total. The number of carbonyl (C=O) groups is 1. The van der Waals surface area contributed by atoms with Gasteiger partial charge in [-0.1, -0.05) is 23.9 Å². The van der Waals surface area contributed by atoms with E-state index in [1.54, 1.807) is 30.5 Å². The third kappa shape index (κ3) is 2.35. The van der Waals surface area contributed by atoms with E-state index < -0.39 is 0 Å². The van der Waals surface area contributed by atoms with Gasteiger partial charge in [-0.15, -0.1) is 0 Å². The maximum Gasteiger partial charge on any atom is 0.202 e. The number of fused-ring (bicyclic) bond motifs is 1. The number of carbonyl (C=O) groups excluding carboxylic acids is 1. The minimum Gasteiger partial charge on any atom is -0.508 e. The Kier molecular flexibility index (Phi) is 3.01. The summed E-state index contributed by atoms with van der Waals surface area (Å²) in [5.74, 6) is 0.267. The topological polar surface area (TPSA) is 49.3 Å². The molecule has 19 heavy (non-hydrogen) atoms. The summed E-state index contributed by atoms with van der Waals surface area (Å²) in [4.78, 5) is 13.8. The molecule has 0 spiro atoms. The van der Waals surface area contributed by atoms with E-state index in [9.17, 15) is 9.90 Å². The van der Waals surface area contributed by atoms with Crippen LogP contribution in [0.2, 0.25) is 0 Å². The monoisotopic (exact) mass is 269 g/mol. The van der Waals surface area contributed by atoms with Crippen LogP contribution in [0.3, 0.4) is 0 Å². The number of allylic oxidation sites excluding steroid dienone is 1. The number of benzene rings is 2. The van der Waals surface area contributed by atoms with Crippen molar-refractivity contribution in [2.45, 2.75) is 4.90 Å². The van der Waals surface area contributed by atoms with Crippen molar-refractivity contribution in [3.05, 3.63) is 65.2 Å². The third-order valence-corrected chi connectivity index (χ3v) is 3.91. The van der Waals surface area contributed by atoms with Crippen LogP contribution < -0.4 is 5.32 Å². The number of ketones is 1. The second kappa shape index (κ2) is 4.82. The number of hydrogen-bond acceptors (Lipinski definition) is 4.